The van der Waals surface area contributed by atoms with Crippen LogP contribution in [0.2, 0.25) is 0 Å². The van der Waals surface area contributed by atoms with Crippen molar-refractivity contribution in [1.29, 1.82) is 0 Å². The maximum absolute atomic E-state index is 12.2. The van der Waals surface area contributed by atoms with E-state index in [1.54, 1.807) is 13.0 Å². The second-order valence-corrected chi connectivity index (χ2v) is 5.57. The minimum atomic E-state index is -0.842. The number of ether oxygens (including phenoxy) is 1. The Balaban J connectivity index is 1.92. The molecular weight excluding hydrogens is 290 g/mol. The normalized spacial score (nSPS) is 11.6. The molecule has 0 radical (unpaired) electrons. The molecule has 0 aliphatic heterocycles. The van der Waals surface area contributed by atoms with Crippen molar-refractivity contribution < 1.29 is 14.3 Å². The molecule has 0 aromatic heterocycles. The third kappa shape index (κ3) is 4.68. The standard InChI is InChI=1S/C19H21NO3/c1-13-9-10-14(2)17(11-13)19(22)23-15(3)18(21)20-12-16-7-5-4-6-8-16/h4-11,15H,12H2,1-3H3,(H,20,21)/t15-/m1/s1. The van der Waals surface area contributed by atoms with Gasteiger partial charge >= 0.3 is 5.97 Å². The maximum Gasteiger partial charge on any atom is 0.339 e. The lowest BCUT2D eigenvalue weighted by molar-refractivity contribution is -0.129. The van der Waals surface area contributed by atoms with Gasteiger partial charge < -0.3 is 10.1 Å². The third-order valence-corrected chi connectivity index (χ3v) is 3.58. The van der Waals surface area contributed by atoms with Gasteiger partial charge in [-0.1, -0.05) is 48.0 Å². The Morgan fingerprint density at radius 1 is 1.09 bits per heavy atom. The molecule has 0 saturated heterocycles. The van der Waals surface area contributed by atoms with Crippen LogP contribution in [0.1, 0.15) is 34.0 Å². The summed E-state index contributed by atoms with van der Waals surface area (Å²) >= 11 is 0. The molecule has 0 heterocycles. The van der Waals surface area contributed by atoms with Crippen LogP contribution in [-0.4, -0.2) is 18.0 Å². The lowest BCUT2D eigenvalue weighted by Crippen LogP contribution is -2.35. The van der Waals surface area contributed by atoms with Crippen LogP contribution < -0.4 is 5.32 Å². The van der Waals surface area contributed by atoms with Gasteiger partial charge in [0.15, 0.2) is 6.10 Å². The molecule has 0 aliphatic rings. The molecule has 0 aliphatic carbocycles. The number of esters is 1. The highest BCUT2D eigenvalue weighted by atomic mass is 16.5. The summed E-state index contributed by atoms with van der Waals surface area (Å²) in [6.07, 6.45) is -0.842. The first-order valence-corrected chi connectivity index (χ1v) is 7.57. The van der Waals surface area contributed by atoms with E-state index in [1.807, 2.05) is 56.3 Å². The molecule has 1 N–H and O–H groups in total. The molecule has 0 unspecified atom stereocenters. The zero-order chi connectivity index (χ0) is 16.8. The van der Waals surface area contributed by atoms with E-state index < -0.39 is 12.1 Å². The lowest BCUT2D eigenvalue weighted by atomic mass is 10.1. The van der Waals surface area contributed by atoms with Crippen molar-refractivity contribution in [3.05, 3.63) is 70.8 Å². The molecule has 0 saturated carbocycles. The predicted octanol–water partition coefficient (Wildman–Crippen LogP) is 3.17. The van der Waals surface area contributed by atoms with Gasteiger partial charge in [-0.05, 0) is 38.0 Å². The van der Waals surface area contributed by atoms with Crippen molar-refractivity contribution in [2.45, 2.75) is 33.4 Å². The van der Waals surface area contributed by atoms with Gasteiger partial charge in [0, 0.05) is 6.54 Å². The summed E-state index contributed by atoms with van der Waals surface area (Å²) in [5.74, 6) is -0.791. The highest BCUT2D eigenvalue weighted by Crippen LogP contribution is 2.13. The van der Waals surface area contributed by atoms with Crippen molar-refractivity contribution in [3.8, 4) is 0 Å². The average molecular weight is 311 g/mol. The van der Waals surface area contributed by atoms with E-state index in [0.29, 0.717) is 12.1 Å². The zero-order valence-corrected chi connectivity index (χ0v) is 13.6. The van der Waals surface area contributed by atoms with Crippen molar-refractivity contribution in [2.24, 2.45) is 0 Å². The Labute approximate surface area is 136 Å². The van der Waals surface area contributed by atoms with Gasteiger partial charge in [0.25, 0.3) is 5.91 Å². The highest BCUT2D eigenvalue weighted by Gasteiger charge is 2.19. The molecule has 4 nitrogen and oxygen atoms in total. The fraction of sp³-hybridized carbons (Fsp3) is 0.263. The van der Waals surface area contributed by atoms with Crippen molar-refractivity contribution >= 4 is 11.9 Å². The van der Waals surface area contributed by atoms with Crippen LogP contribution in [-0.2, 0) is 16.1 Å². The van der Waals surface area contributed by atoms with E-state index in [0.717, 1.165) is 16.7 Å². The number of hydrogen-bond donors (Lipinski definition) is 1. The lowest BCUT2D eigenvalue weighted by Gasteiger charge is -2.14. The number of benzene rings is 2. The van der Waals surface area contributed by atoms with Crippen molar-refractivity contribution in [3.63, 3.8) is 0 Å². The van der Waals surface area contributed by atoms with Gasteiger partial charge in [-0.2, -0.15) is 0 Å². The summed E-state index contributed by atoms with van der Waals surface area (Å²) in [6.45, 7) is 5.73. The molecule has 0 spiro atoms. The van der Waals surface area contributed by atoms with E-state index in [1.165, 1.54) is 0 Å². The number of carbonyl (C=O) groups excluding carboxylic acids is 2. The van der Waals surface area contributed by atoms with Gasteiger partial charge in [-0.25, -0.2) is 4.79 Å². The number of aryl methyl sites for hydroxylation is 2. The second-order valence-electron chi connectivity index (χ2n) is 5.57. The average Bonchev–Trinajstić information content (AvgIpc) is 2.55. The van der Waals surface area contributed by atoms with Gasteiger partial charge in [0.2, 0.25) is 0 Å². The Hall–Kier alpha value is -2.62. The minimum Gasteiger partial charge on any atom is -0.449 e. The number of nitrogens with one attached hydrogen (secondary N) is 1. The smallest absolute Gasteiger partial charge is 0.339 e. The summed E-state index contributed by atoms with van der Waals surface area (Å²) < 4.78 is 5.27. The van der Waals surface area contributed by atoms with E-state index in [2.05, 4.69) is 5.32 Å². The van der Waals surface area contributed by atoms with Crippen molar-refractivity contribution in [2.75, 3.05) is 0 Å². The summed E-state index contributed by atoms with van der Waals surface area (Å²) in [5.41, 5.74) is 3.29. The van der Waals surface area contributed by atoms with Gasteiger partial charge in [0.05, 0.1) is 5.56 Å². The van der Waals surface area contributed by atoms with Gasteiger partial charge in [-0.3, -0.25) is 4.79 Å². The molecule has 1 atom stereocenters. The molecule has 2 rings (SSSR count). The van der Waals surface area contributed by atoms with E-state index in [-0.39, 0.29) is 5.91 Å². The second kappa shape index (κ2) is 7.58. The van der Waals surface area contributed by atoms with Crippen molar-refractivity contribution in [1.82, 2.24) is 5.32 Å². The molecule has 0 bridgehead atoms. The maximum atomic E-state index is 12.2. The SMILES string of the molecule is Cc1ccc(C)c(C(=O)O[C@H](C)C(=O)NCc2ccccc2)c1. The molecule has 1 amide bonds. The number of carbonyl (C=O) groups is 2. The van der Waals surface area contributed by atoms with E-state index in [9.17, 15) is 9.59 Å². The molecule has 2 aromatic rings. The number of amides is 1. The quantitative estimate of drug-likeness (QED) is 0.863. The van der Waals surface area contributed by atoms with Crippen LogP contribution in [0.5, 0.6) is 0 Å². The molecule has 23 heavy (non-hydrogen) atoms. The minimum absolute atomic E-state index is 0.312. The monoisotopic (exact) mass is 311 g/mol. The molecule has 120 valence electrons. The van der Waals surface area contributed by atoms with Crippen LogP contribution >= 0.6 is 0 Å². The van der Waals surface area contributed by atoms with Crippen LogP contribution in [0.25, 0.3) is 0 Å². The Bertz CT molecular complexity index is 695. The Morgan fingerprint density at radius 2 is 1.78 bits per heavy atom. The fourth-order valence-corrected chi connectivity index (χ4v) is 2.16. The van der Waals surface area contributed by atoms with Gasteiger partial charge in [-0.15, -0.1) is 0 Å². The molecule has 4 heteroatoms. The van der Waals surface area contributed by atoms with Crippen LogP contribution in [0.3, 0.4) is 0 Å². The van der Waals surface area contributed by atoms with Crippen LogP contribution in [0.4, 0.5) is 0 Å². The third-order valence-electron chi connectivity index (χ3n) is 3.58. The van der Waals surface area contributed by atoms with Crippen LogP contribution in [0.15, 0.2) is 48.5 Å². The zero-order valence-electron chi connectivity index (χ0n) is 13.6. The largest absolute Gasteiger partial charge is 0.449 e. The Kier molecular flexibility index (Phi) is 5.52. The summed E-state index contributed by atoms with van der Waals surface area (Å²) in [6, 6.07) is 15.2. The summed E-state index contributed by atoms with van der Waals surface area (Å²) in [4.78, 5) is 24.3. The highest BCUT2D eigenvalue weighted by molar-refractivity contribution is 5.93. The van der Waals surface area contributed by atoms with E-state index >= 15 is 0 Å². The fourth-order valence-electron chi connectivity index (χ4n) is 2.16. The molecule has 2 aromatic carbocycles. The first-order chi connectivity index (χ1) is 11.0. The topological polar surface area (TPSA) is 55.4 Å². The van der Waals surface area contributed by atoms with Gasteiger partial charge in [0.1, 0.15) is 0 Å². The molecule has 0 fully saturated rings. The van der Waals surface area contributed by atoms with Crippen LogP contribution in [0, 0.1) is 13.8 Å². The summed E-state index contributed by atoms with van der Waals surface area (Å²) in [7, 11) is 0. The summed E-state index contributed by atoms with van der Waals surface area (Å²) in [5, 5.41) is 2.77. The number of hydrogen-bond acceptors (Lipinski definition) is 3. The first kappa shape index (κ1) is 16.7. The first-order valence-electron chi connectivity index (χ1n) is 7.57. The molecular formula is C19H21NO3. The van der Waals surface area contributed by atoms with E-state index in [4.69, 9.17) is 4.74 Å². The predicted molar refractivity (Wildman–Crippen MR) is 89.1 cm³/mol. The Morgan fingerprint density at radius 3 is 2.48 bits per heavy atom. The number of rotatable bonds is 5.